The zero-order chi connectivity index (χ0) is 12.0. The van der Waals surface area contributed by atoms with Gasteiger partial charge in [0, 0.05) is 5.69 Å². The lowest BCUT2D eigenvalue weighted by Gasteiger charge is -2.04. The van der Waals surface area contributed by atoms with Crippen LogP contribution in [0.1, 0.15) is 37.2 Å². The van der Waals surface area contributed by atoms with Crippen molar-refractivity contribution in [3.8, 4) is 0 Å². The Bertz CT molecular complexity index is 425. The minimum atomic E-state index is 1.05. The molecule has 0 spiro atoms. The molecule has 0 aliphatic rings. The number of aryl methyl sites for hydroxylation is 1. The summed E-state index contributed by atoms with van der Waals surface area (Å²) in [7, 11) is 0. The van der Waals surface area contributed by atoms with Crippen LogP contribution in [0, 0.1) is 6.92 Å². The Hall–Kier alpha value is -1.63. The first-order valence-corrected chi connectivity index (χ1v) is 5.63. The fourth-order valence-electron chi connectivity index (χ4n) is 1.55. The molecule has 1 aromatic rings. The van der Waals surface area contributed by atoms with Crippen LogP contribution >= 0.6 is 0 Å². The van der Waals surface area contributed by atoms with Gasteiger partial charge in [-0.2, -0.15) is 0 Å². The molecule has 0 saturated carbocycles. The largest absolute Gasteiger partial charge is 0.253 e. The summed E-state index contributed by atoms with van der Waals surface area (Å²) in [5.41, 5.74) is 4.51. The average Bonchev–Trinajstić information content (AvgIpc) is 2.27. The van der Waals surface area contributed by atoms with Crippen LogP contribution in [0.4, 0.5) is 0 Å². The first-order valence-electron chi connectivity index (χ1n) is 5.63. The lowest BCUT2D eigenvalue weighted by molar-refractivity contribution is 1.14. The summed E-state index contributed by atoms with van der Waals surface area (Å²) in [5.74, 6) is 0. The molecular weight excluding hydrogens is 194 g/mol. The van der Waals surface area contributed by atoms with Gasteiger partial charge in [-0.05, 0) is 37.5 Å². The summed E-state index contributed by atoms with van der Waals surface area (Å²) in [6.45, 7) is 9.93. The van der Waals surface area contributed by atoms with Crippen molar-refractivity contribution in [1.82, 2.24) is 4.98 Å². The topological polar surface area (TPSA) is 12.9 Å². The smallest absolute Gasteiger partial charge is 0.0659 e. The molecule has 1 heteroatoms. The van der Waals surface area contributed by atoms with Crippen molar-refractivity contribution in [2.24, 2.45) is 0 Å². The molecule has 0 saturated heterocycles. The number of hydrogen-bond donors (Lipinski definition) is 0. The fourth-order valence-corrected chi connectivity index (χ4v) is 1.55. The highest BCUT2D eigenvalue weighted by Crippen LogP contribution is 2.15. The van der Waals surface area contributed by atoms with Gasteiger partial charge in [0.05, 0.1) is 5.69 Å². The van der Waals surface area contributed by atoms with Crippen LogP contribution in [-0.2, 0) is 0 Å². The quantitative estimate of drug-likeness (QED) is 0.675. The third kappa shape index (κ3) is 3.20. The Morgan fingerprint density at radius 2 is 2.19 bits per heavy atom. The fraction of sp³-hybridized carbons (Fsp3) is 0.267. The van der Waals surface area contributed by atoms with Crippen molar-refractivity contribution < 1.29 is 0 Å². The van der Waals surface area contributed by atoms with Crippen LogP contribution in [0.2, 0.25) is 0 Å². The first kappa shape index (κ1) is 12.4. The predicted octanol–water partition coefficient (Wildman–Crippen LogP) is 4.40. The third-order valence-corrected chi connectivity index (χ3v) is 2.45. The zero-order valence-corrected chi connectivity index (χ0v) is 10.3. The van der Waals surface area contributed by atoms with Crippen molar-refractivity contribution >= 4 is 11.6 Å². The Balaban J connectivity index is 3.03. The molecule has 0 amide bonds. The summed E-state index contributed by atoms with van der Waals surface area (Å²) < 4.78 is 0. The van der Waals surface area contributed by atoms with Crippen LogP contribution in [-0.4, -0.2) is 4.98 Å². The predicted molar refractivity (Wildman–Crippen MR) is 72.1 cm³/mol. The summed E-state index contributed by atoms with van der Waals surface area (Å²) in [6.07, 6.45) is 8.97. The third-order valence-electron chi connectivity index (χ3n) is 2.45. The second-order valence-corrected chi connectivity index (χ2v) is 3.76. The molecule has 1 rings (SSSR count). The summed E-state index contributed by atoms with van der Waals surface area (Å²) in [5, 5.41) is 0. The highest BCUT2D eigenvalue weighted by Gasteiger charge is 2.00. The van der Waals surface area contributed by atoms with Gasteiger partial charge in [0.1, 0.15) is 0 Å². The van der Waals surface area contributed by atoms with E-state index >= 15 is 0 Å². The first-order chi connectivity index (χ1) is 7.69. The Kier molecular flexibility index (Phi) is 4.71. The Labute approximate surface area is 98.2 Å². The Morgan fingerprint density at radius 3 is 2.75 bits per heavy atom. The molecule has 0 unspecified atom stereocenters. The van der Waals surface area contributed by atoms with Gasteiger partial charge in [-0.25, -0.2) is 0 Å². The van der Waals surface area contributed by atoms with Crippen LogP contribution in [0.3, 0.4) is 0 Å². The van der Waals surface area contributed by atoms with Gasteiger partial charge in [-0.15, -0.1) is 0 Å². The second kappa shape index (κ2) is 6.06. The number of allylic oxidation sites excluding steroid dienone is 4. The number of hydrogen-bond acceptors (Lipinski definition) is 1. The van der Waals surface area contributed by atoms with E-state index in [1.807, 2.05) is 19.1 Å². The van der Waals surface area contributed by atoms with Crippen LogP contribution < -0.4 is 0 Å². The monoisotopic (exact) mass is 213 g/mol. The maximum atomic E-state index is 4.59. The van der Waals surface area contributed by atoms with Crippen molar-refractivity contribution in [2.45, 2.75) is 27.2 Å². The Morgan fingerprint density at radius 1 is 1.44 bits per heavy atom. The summed E-state index contributed by atoms with van der Waals surface area (Å²) >= 11 is 0. The second-order valence-electron chi connectivity index (χ2n) is 3.76. The lowest BCUT2D eigenvalue weighted by Crippen LogP contribution is -1.92. The summed E-state index contributed by atoms with van der Waals surface area (Å²) in [6, 6.07) is 4.17. The van der Waals surface area contributed by atoms with Crippen LogP contribution in [0.5, 0.6) is 0 Å². The molecule has 1 nitrogen and oxygen atoms in total. The van der Waals surface area contributed by atoms with Gasteiger partial charge in [-0.3, -0.25) is 4.98 Å². The van der Waals surface area contributed by atoms with Gasteiger partial charge >= 0.3 is 0 Å². The van der Waals surface area contributed by atoms with E-state index < -0.39 is 0 Å². The zero-order valence-electron chi connectivity index (χ0n) is 10.3. The number of rotatable bonds is 4. The molecule has 0 aliphatic heterocycles. The van der Waals surface area contributed by atoms with Crippen molar-refractivity contribution in [3.05, 3.63) is 53.9 Å². The molecule has 0 atom stereocenters. The standard InChI is InChI=1S/C15H19N/c1-5-7-9-14-10-11-15(16-13(14)4)12(3)8-6-2/h5,7-11H,1,6H2,2-4H3/b9-7-,12-8+. The molecule has 1 aromatic heterocycles. The minimum absolute atomic E-state index is 1.05. The maximum Gasteiger partial charge on any atom is 0.0659 e. The van der Waals surface area contributed by atoms with E-state index in [9.17, 15) is 0 Å². The van der Waals surface area contributed by atoms with Gasteiger partial charge in [0.25, 0.3) is 0 Å². The van der Waals surface area contributed by atoms with Gasteiger partial charge in [-0.1, -0.05) is 43.9 Å². The number of pyridine rings is 1. The highest BCUT2D eigenvalue weighted by molar-refractivity contribution is 5.63. The normalized spacial score (nSPS) is 12.1. The van der Waals surface area contributed by atoms with Crippen molar-refractivity contribution in [2.75, 3.05) is 0 Å². The van der Waals surface area contributed by atoms with E-state index in [1.165, 1.54) is 5.57 Å². The van der Waals surface area contributed by atoms with E-state index in [0.29, 0.717) is 0 Å². The van der Waals surface area contributed by atoms with E-state index in [0.717, 1.165) is 23.4 Å². The molecule has 0 N–H and O–H groups in total. The molecular formula is C15H19N. The molecule has 16 heavy (non-hydrogen) atoms. The SMILES string of the molecule is C=C/C=C\c1ccc(/C(C)=C/CC)nc1C. The maximum absolute atomic E-state index is 4.59. The lowest BCUT2D eigenvalue weighted by atomic mass is 10.1. The highest BCUT2D eigenvalue weighted by atomic mass is 14.7. The van der Waals surface area contributed by atoms with E-state index in [4.69, 9.17) is 0 Å². The minimum Gasteiger partial charge on any atom is -0.253 e. The summed E-state index contributed by atoms with van der Waals surface area (Å²) in [4.78, 5) is 4.59. The molecule has 0 aliphatic carbocycles. The van der Waals surface area contributed by atoms with Crippen LogP contribution in [0.25, 0.3) is 11.6 Å². The van der Waals surface area contributed by atoms with E-state index in [-0.39, 0.29) is 0 Å². The molecule has 0 radical (unpaired) electrons. The van der Waals surface area contributed by atoms with Gasteiger partial charge in [0.15, 0.2) is 0 Å². The number of aromatic nitrogens is 1. The molecule has 1 heterocycles. The number of nitrogens with zero attached hydrogens (tertiary/aromatic N) is 1. The molecule has 0 bridgehead atoms. The molecule has 84 valence electrons. The molecule has 0 aromatic carbocycles. The van der Waals surface area contributed by atoms with Gasteiger partial charge in [0.2, 0.25) is 0 Å². The van der Waals surface area contributed by atoms with Crippen molar-refractivity contribution in [3.63, 3.8) is 0 Å². The molecule has 0 fully saturated rings. The van der Waals surface area contributed by atoms with Crippen LogP contribution in [0.15, 0.2) is 36.9 Å². The van der Waals surface area contributed by atoms with E-state index in [1.54, 1.807) is 6.08 Å². The van der Waals surface area contributed by atoms with E-state index in [2.05, 4.69) is 43.6 Å². The van der Waals surface area contributed by atoms with Crippen molar-refractivity contribution in [1.29, 1.82) is 0 Å². The average molecular weight is 213 g/mol. The van der Waals surface area contributed by atoms with Gasteiger partial charge < -0.3 is 0 Å².